The smallest absolute Gasteiger partial charge is 0.265 e. The van der Waals surface area contributed by atoms with E-state index in [0.717, 1.165) is 50.2 Å². The Bertz CT molecular complexity index is 2540. The fourth-order valence-electron chi connectivity index (χ4n) is 5.11. The molecule has 8 aromatic rings. The summed E-state index contributed by atoms with van der Waals surface area (Å²) < 4.78 is 4.65. The average Bonchev–Trinajstić information content (AvgIpc) is 3.86. The van der Waals surface area contributed by atoms with Gasteiger partial charge in [-0.15, -0.1) is 0 Å². The van der Waals surface area contributed by atoms with E-state index in [9.17, 15) is 9.59 Å². The van der Waals surface area contributed by atoms with Gasteiger partial charge in [0.1, 0.15) is 0 Å². The Hall–Kier alpha value is -4.96. The molecule has 0 saturated carbocycles. The van der Waals surface area contributed by atoms with Gasteiger partial charge in [-0.3, -0.25) is 39.5 Å². The second-order valence-electron chi connectivity index (χ2n) is 11.4. The van der Waals surface area contributed by atoms with Crippen LogP contribution >= 0.6 is 92.4 Å². The number of pyridine rings is 6. The molecule has 0 atom stereocenters. The van der Waals surface area contributed by atoms with Gasteiger partial charge >= 0.3 is 0 Å². The number of hydrogen-bond acceptors (Lipinski definition) is 16. The van der Waals surface area contributed by atoms with E-state index < -0.39 is 0 Å². The molecule has 0 radical (unpaired) electrons. The van der Waals surface area contributed by atoms with Gasteiger partial charge in [-0.2, -0.15) is 0 Å². The summed E-state index contributed by atoms with van der Waals surface area (Å²) in [7, 11) is 0. The summed E-state index contributed by atoms with van der Waals surface area (Å²) in [5.41, 5.74) is 6.42. The quantitative estimate of drug-likeness (QED) is 0.157. The molecule has 0 unspecified atom stereocenters. The van der Waals surface area contributed by atoms with Crippen molar-refractivity contribution in [3.05, 3.63) is 198 Å². The van der Waals surface area contributed by atoms with Gasteiger partial charge in [-0.1, -0.05) is 104 Å². The predicted molar refractivity (Wildman–Crippen MR) is 245 cm³/mol. The van der Waals surface area contributed by atoms with Crippen molar-refractivity contribution >= 4 is 112 Å². The zero-order valence-electron chi connectivity index (χ0n) is 29.6. The van der Waals surface area contributed by atoms with E-state index in [1.54, 1.807) is 121 Å². The maximum atomic E-state index is 11.7. The van der Waals surface area contributed by atoms with Gasteiger partial charge < -0.3 is 0 Å². The zero-order valence-corrected chi connectivity index (χ0v) is 36.2. The van der Waals surface area contributed by atoms with Crippen LogP contribution in [0.5, 0.6) is 0 Å². The Morgan fingerprint density at radius 2 is 0.517 bits per heavy atom. The molecule has 10 heterocycles. The van der Waals surface area contributed by atoms with Crippen LogP contribution in [-0.2, 0) is 0 Å². The molecule has 16 heteroatoms. The van der Waals surface area contributed by atoms with Gasteiger partial charge in [0.15, 0.2) is 0 Å². The molecule has 0 bridgehead atoms. The lowest BCUT2D eigenvalue weighted by Crippen LogP contribution is -1.91. The fourth-order valence-corrected chi connectivity index (χ4v) is 16.0. The molecule has 8 nitrogen and oxygen atoms in total. The molecule has 0 spiro atoms. The van der Waals surface area contributed by atoms with E-state index >= 15 is 0 Å². The van der Waals surface area contributed by atoms with Crippen LogP contribution in [0.4, 0.5) is 0 Å². The topological polar surface area (TPSA) is 111 Å². The first-order valence-corrected chi connectivity index (χ1v) is 23.5. The highest BCUT2D eigenvalue weighted by atomic mass is 32.2. The Morgan fingerprint density at radius 1 is 0.310 bits per heavy atom. The molecule has 0 amide bonds. The summed E-state index contributed by atoms with van der Waals surface area (Å²) in [4.78, 5) is 52.3. The van der Waals surface area contributed by atoms with Crippen molar-refractivity contribution in [2.75, 3.05) is 0 Å². The number of fused-ring (bicyclic) bond motifs is 2. The van der Waals surface area contributed by atoms with E-state index in [1.807, 2.05) is 72.8 Å². The molecule has 58 heavy (non-hydrogen) atoms. The molecule has 0 saturated heterocycles. The zero-order chi connectivity index (χ0) is 39.5. The standard InChI is InChI=1S/2C15H8N2OS4.C12H8N2/c2*18-15-21-13-14(22-15)20-12(10-3-7-17-8-4-10)11(19-13)9-1-5-16-6-2-9;1(11-3-7-13-8-4-11)2-12-5-9-14-10-6-12/h2*1-8H;3-10H. The van der Waals surface area contributed by atoms with Crippen molar-refractivity contribution in [1.82, 2.24) is 29.9 Å². The summed E-state index contributed by atoms with van der Waals surface area (Å²) in [5, 5.41) is 0. The maximum Gasteiger partial charge on any atom is 0.289 e. The van der Waals surface area contributed by atoms with Crippen LogP contribution < -0.4 is 8.11 Å². The largest absolute Gasteiger partial charge is 0.289 e. The van der Waals surface area contributed by atoms with Crippen molar-refractivity contribution in [2.45, 2.75) is 16.8 Å². The van der Waals surface area contributed by atoms with Gasteiger partial charge in [0.25, 0.3) is 8.11 Å². The van der Waals surface area contributed by atoms with Crippen molar-refractivity contribution in [3.63, 3.8) is 0 Å². The Morgan fingerprint density at radius 3 is 0.741 bits per heavy atom. The molecule has 2 aliphatic rings. The number of aromatic nitrogens is 6. The minimum Gasteiger partial charge on any atom is -0.265 e. The van der Waals surface area contributed by atoms with Gasteiger partial charge in [-0.25, -0.2) is 0 Å². The van der Waals surface area contributed by atoms with Crippen LogP contribution in [0.3, 0.4) is 0 Å². The van der Waals surface area contributed by atoms with Gasteiger partial charge in [0.2, 0.25) is 0 Å². The molecule has 8 aromatic heterocycles. The normalized spacial score (nSPS) is 12.8. The number of nitrogens with zero attached hydrogens (tertiary/aromatic N) is 6. The molecular weight excluding hydrogens is 877 g/mol. The second kappa shape index (κ2) is 19.7. The van der Waals surface area contributed by atoms with Crippen molar-refractivity contribution in [2.24, 2.45) is 0 Å². The number of rotatable bonds is 4. The van der Waals surface area contributed by atoms with Crippen LogP contribution in [0.1, 0.15) is 33.4 Å². The summed E-state index contributed by atoms with van der Waals surface area (Å²) in [5.74, 6) is 6.09. The second-order valence-corrected chi connectivity index (χ2v) is 21.0. The summed E-state index contributed by atoms with van der Waals surface area (Å²) in [6, 6.07) is 23.6. The number of thioether (sulfide) groups is 4. The van der Waals surface area contributed by atoms with E-state index in [2.05, 4.69) is 41.7 Å². The fraction of sp³-hybridized carbons (Fsp3) is 0. The highest BCUT2D eigenvalue weighted by Crippen LogP contribution is 2.57. The molecule has 0 N–H and O–H groups in total. The van der Waals surface area contributed by atoms with Crippen LogP contribution in [0.25, 0.3) is 19.6 Å². The maximum absolute atomic E-state index is 11.7. The monoisotopic (exact) mass is 900 g/mol. The Balaban J connectivity index is 0.000000125. The number of hydrogen-bond donors (Lipinski definition) is 0. The Labute approximate surface area is 365 Å². The third-order valence-corrected chi connectivity index (χ3v) is 18.4. The lowest BCUT2D eigenvalue weighted by molar-refractivity contribution is 1.32. The van der Waals surface area contributed by atoms with E-state index in [1.165, 1.54) is 65.0 Å². The first kappa shape index (κ1) is 39.8. The highest BCUT2D eigenvalue weighted by Gasteiger charge is 2.26. The third-order valence-electron chi connectivity index (χ3n) is 7.71. The Kier molecular flexibility index (Phi) is 13.5. The lowest BCUT2D eigenvalue weighted by atomic mass is 10.2. The predicted octanol–water partition coefficient (Wildman–Crippen LogP) is 11.2. The third kappa shape index (κ3) is 10.2. The molecule has 0 aliphatic carbocycles. The first-order chi connectivity index (χ1) is 28.6. The van der Waals surface area contributed by atoms with Gasteiger partial charge in [0, 0.05) is 105 Å². The van der Waals surface area contributed by atoms with Crippen LogP contribution in [0, 0.1) is 11.8 Å². The van der Waals surface area contributed by atoms with Crippen molar-refractivity contribution in [3.8, 4) is 11.8 Å². The van der Waals surface area contributed by atoms with Crippen LogP contribution in [0.2, 0.25) is 0 Å². The van der Waals surface area contributed by atoms with Gasteiger partial charge in [0.05, 0.1) is 16.8 Å². The summed E-state index contributed by atoms with van der Waals surface area (Å²) >= 11 is 12.0. The molecule has 2 aliphatic heterocycles. The molecular formula is C42H24N6O2S8. The molecule has 0 fully saturated rings. The van der Waals surface area contributed by atoms with E-state index in [-0.39, 0.29) is 8.11 Å². The molecule has 0 aromatic carbocycles. The lowest BCUT2D eigenvalue weighted by Gasteiger charge is -2.19. The van der Waals surface area contributed by atoms with Gasteiger partial charge in [-0.05, 0) is 95.1 Å². The summed E-state index contributed by atoms with van der Waals surface area (Å²) in [6.45, 7) is 0. The van der Waals surface area contributed by atoms with Crippen molar-refractivity contribution in [1.29, 1.82) is 0 Å². The van der Waals surface area contributed by atoms with Crippen LogP contribution in [-0.4, -0.2) is 29.9 Å². The minimum atomic E-state index is 0.148. The molecule has 10 rings (SSSR count). The summed E-state index contributed by atoms with van der Waals surface area (Å²) in [6.07, 6.45) is 21.3. The van der Waals surface area contributed by atoms with E-state index in [0.29, 0.717) is 0 Å². The SMILES string of the molecule is C(#Cc1ccncc1)c1ccncc1.O=c1sc2c(s1)SC(c1ccncc1)=C(c1ccncc1)S2.O=c1sc2c(s1)SC(c1ccncc1)=C(c1ccncc1)S2. The van der Waals surface area contributed by atoms with E-state index in [4.69, 9.17) is 0 Å². The average molecular weight is 901 g/mol. The van der Waals surface area contributed by atoms with Crippen LogP contribution in [0.15, 0.2) is 174 Å². The van der Waals surface area contributed by atoms with Crippen molar-refractivity contribution < 1.29 is 0 Å². The highest BCUT2D eigenvalue weighted by molar-refractivity contribution is 8.18. The first-order valence-electron chi connectivity index (χ1n) is 17.0. The minimum absolute atomic E-state index is 0.148. The molecule has 282 valence electrons.